The Balaban J connectivity index is 0.000000228. The zero-order valence-electron chi connectivity index (χ0n) is 13.7. The molecule has 1 heterocycles. The van der Waals surface area contributed by atoms with Gasteiger partial charge < -0.3 is 14.0 Å². The fourth-order valence-corrected chi connectivity index (χ4v) is 2.80. The molecule has 3 rings (SSSR count). The highest BCUT2D eigenvalue weighted by atomic mass is 31.2. The minimum Gasteiger partial charge on any atom is -0.416 e. The van der Waals surface area contributed by atoms with Crippen LogP contribution in [0.1, 0.15) is 0 Å². The van der Waals surface area contributed by atoms with Gasteiger partial charge >= 0.3 is 13.3 Å². The number of aromatic amines is 2. The van der Waals surface area contributed by atoms with Crippen molar-refractivity contribution in [2.24, 2.45) is 0 Å². The van der Waals surface area contributed by atoms with Gasteiger partial charge in [0.05, 0.1) is 6.66 Å². The van der Waals surface area contributed by atoms with E-state index in [-0.39, 0.29) is 0 Å². The lowest BCUT2D eigenvalue weighted by Gasteiger charge is -2.15. The minimum atomic E-state index is -3.14. The van der Waals surface area contributed by atoms with Crippen LogP contribution in [0, 0.1) is 5.82 Å². The van der Waals surface area contributed by atoms with Gasteiger partial charge in [-0.05, 0) is 24.3 Å². The van der Waals surface area contributed by atoms with Gasteiger partial charge in [0.15, 0.2) is 0 Å². The van der Waals surface area contributed by atoms with Gasteiger partial charge in [0.25, 0.3) is 5.56 Å². The van der Waals surface area contributed by atoms with Crippen LogP contribution >= 0.6 is 7.60 Å². The van der Waals surface area contributed by atoms with E-state index in [2.05, 4.69) is 0 Å². The van der Waals surface area contributed by atoms with Crippen LogP contribution in [0.2, 0.25) is 0 Å². The first kappa shape index (κ1) is 19.2. The molecule has 0 saturated heterocycles. The summed E-state index contributed by atoms with van der Waals surface area (Å²) in [6, 6.07) is 18.0. The topological polar surface area (TPSA) is 101 Å². The van der Waals surface area contributed by atoms with Crippen LogP contribution in [0.4, 0.5) is 4.39 Å². The Morgan fingerprint density at radius 2 is 1.35 bits per heavy atom. The Bertz CT molecular complexity index is 944. The quantitative estimate of drug-likeness (QED) is 0.679. The number of nitrogens with one attached hydrogen (secondary N) is 2. The van der Waals surface area contributed by atoms with Crippen molar-refractivity contribution in [1.29, 1.82) is 0 Å². The van der Waals surface area contributed by atoms with Crippen molar-refractivity contribution >= 4 is 7.60 Å². The van der Waals surface area contributed by atoms with Crippen molar-refractivity contribution in [3.63, 3.8) is 0 Å². The van der Waals surface area contributed by atoms with Gasteiger partial charge in [-0.15, -0.1) is 0 Å². The number of H-pyrrole nitrogens is 2. The summed E-state index contributed by atoms with van der Waals surface area (Å²) in [6.07, 6.45) is 0.709. The normalized spacial score (nSPS) is 10.4. The summed E-state index contributed by atoms with van der Waals surface area (Å²) in [7, 11) is -3.14. The number of halogens is 1. The third-order valence-electron chi connectivity index (χ3n) is 2.80. The molecule has 7 nitrogen and oxygen atoms in total. The summed E-state index contributed by atoms with van der Waals surface area (Å²) in [5, 5.41) is 0. The average molecular weight is 378 g/mol. The van der Waals surface area contributed by atoms with E-state index in [1.165, 1.54) is 6.66 Å². The Morgan fingerprint density at radius 3 is 1.73 bits per heavy atom. The van der Waals surface area contributed by atoms with E-state index >= 15 is 0 Å². The maximum atomic E-state index is 12.1. The number of aromatic nitrogens is 2. The first-order chi connectivity index (χ1) is 12.4. The van der Waals surface area contributed by atoms with E-state index in [1.807, 2.05) is 41.4 Å². The predicted octanol–water partition coefficient (Wildman–Crippen LogP) is 3.17. The smallest absolute Gasteiger partial charge is 0.416 e. The molecule has 0 bridgehead atoms. The third-order valence-corrected chi connectivity index (χ3v) is 3.89. The molecule has 136 valence electrons. The van der Waals surface area contributed by atoms with Crippen molar-refractivity contribution in [3.8, 4) is 11.5 Å². The molecule has 0 spiro atoms. The van der Waals surface area contributed by atoms with Gasteiger partial charge in [-0.25, -0.2) is 9.36 Å². The van der Waals surface area contributed by atoms with Gasteiger partial charge in [0.1, 0.15) is 11.5 Å². The summed E-state index contributed by atoms with van der Waals surface area (Å²) in [5.74, 6) is 0.0816. The van der Waals surface area contributed by atoms with Crippen LogP contribution in [0.25, 0.3) is 0 Å². The Kier molecular flexibility index (Phi) is 6.52. The molecule has 1 aromatic heterocycles. The fraction of sp³-hybridized carbons (Fsp3) is 0.0588. The largest absolute Gasteiger partial charge is 0.427 e. The van der Waals surface area contributed by atoms with Gasteiger partial charge in [-0.1, -0.05) is 36.4 Å². The molecule has 0 amide bonds. The van der Waals surface area contributed by atoms with E-state index in [1.54, 1.807) is 29.2 Å². The zero-order chi connectivity index (χ0) is 19.0. The van der Waals surface area contributed by atoms with Crippen LogP contribution in [-0.4, -0.2) is 16.6 Å². The average Bonchev–Trinajstić information content (AvgIpc) is 2.60. The fourth-order valence-electron chi connectivity index (χ4n) is 1.76. The summed E-state index contributed by atoms with van der Waals surface area (Å²) in [6.45, 7) is 1.45. The van der Waals surface area contributed by atoms with Crippen molar-refractivity contribution in [2.75, 3.05) is 6.66 Å². The summed E-state index contributed by atoms with van der Waals surface area (Å²) in [4.78, 5) is 24.0. The molecule has 2 aromatic carbocycles. The van der Waals surface area contributed by atoms with Crippen LogP contribution < -0.4 is 20.3 Å². The van der Waals surface area contributed by atoms with Gasteiger partial charge in [-0.3, -0.25) is 9.78 Å². The van der Waals surface area contributed by atoms with Crippen LogP contribution in [0.15, 0.2) is 76.4 Å². The lowest BCUT2D eigenvalue weighted by atomic mass is 10.3. The Labute approximate surface area is 148 Å². The molecule has 0 aliphatic rings. The molecule has 0 aliphatic heterocycles. The molecule has 9 heteroatoms. The maximum absolute atomic E-state index is 12.1. The molecule has 26 heavy (non-hydrogen) atoms. The number of para-hydroxylation sites is 2. The molecular weight excluding hydrogens is 362 g/mol. The second kappa shape index (κ2) is 8.82. The van der Waals surface area contributed by atoms with Crippen LogP contribution in [0.3, 0.4) is 0 Å². The summed E-state index contributed by atoms with van der Waals surface area (Å²) >= 11 is 0. The number of rotatable bonds is 4. The number of benzene rings is 2. The third kappa shape index (κ3) is 6.41. The van der Waals surface area contributed by atoms with E-state index < -0.39 is 24.7 Å². The van der Waals surface area contributed by atoms with Crippen LogP contribution in [0.5, 0.6) is 11.5 Å². The first-order valence-corrected chi connectivity index (χ1v) is 9.39. The van der Waals surface area contributed by atoms with Gasteiger partial charge in [-0.2, -0.15) is 4.39 Å². The Hall–Kier alpha value is -3.12. The standard InChI is InChI=1S/C13H13O3P.C4H3FN2O2/c1-17(14,15-12-8-4-2-5-9-12)16-13-10-6-3-7-11-13;5-2-1-6-4(9)7-3(2)8/h2-11H,1H3;1H,(H2,6,7,8,9). The van der Waals surface area contributed by atoms with E-state index in [4.69, 9.17) is 9.05 Å². The predicted molar refractivity (Wildman–Crippen MR) is 95.3 cm³/mol. The molecular formula is C17H16FN2O5P. The van der Waals surface area contributed by atoms with E-state index in [0.717, 1.165) is 0 Å². The molecule has 2 N–H and O–H groups in total. The molecule has 0 radical (unpaired) electrons. The van der Waals surface area contributed by atoms with E-state index in [9.17, 15) is 18.5 Å². The summed E-state index contributed by atoms with van der Waals surface area (Å²) in [5.41, 5.74) is -1.71. The number of hydrogen-bond donors (Lipinski definition) is 2. The highest BCUT2D eigenvalue weighted by Gasteiger charge is 2.19. The van der Waals surface area contributed by atoms with Crippen LogP contribution in [-0.2, 0) is 4.57 Å². The SMILES string of the molecule is CP(=O)(Oc1ccccc1)Oc1ccccc1.O=c1[nH]cc(F)c(=O)[nH]1. The second-order valence-electron chi connectivity index (χ2n) is 5.00. The molecule has 0 saturated carbocycles. The summed E-state index contributed by atoms with van der Waals surface area (Å²) < 4.78 is 34.8. The highest BCUT2D eigenvalue weighted by molar-refractivity contribution is 7.53. The lowest BCUT2D eigenvalue weighted by Crippen LogP contribution is -2.23. The van der Waals surface area contributed by atoms with Gasteiger partial charge in [0, 0.05) is 6.20 Å². The molecule has 0 aliphatic carbocycles. The van der Waals surface area contributed by atoms with Crippen molar-refractivity contribution in [2.45, 2.75) is 0 Å². The monoisotopic (exact) mass is 378 g/mol. The Morgan fingerprint density at radius 1 is 0.885 bits per heavy atom. The van der Waals surface area contributed by atoms with E-state index in [0.29, 0.717) is 17.7 Å². The minimum absolute atomic E-state index is 0.536. The van der Waals surface area contributed by atoms with Gasteiger partial charge in [0.2, 0.25) is 5.82 Å². The maximum Gasteiger partial charge on any atom is 0.427 e. The van der Waals surface area contributed by atoms with Crippen molar-refractivity contribution < 1.29 is 18.0 Å². The van der Waals surface area contributed by atoms with Crippen molar-refractivity contribution in [3.05, 3.63) is 93.5 Å². The second-order valence-corrected chi connectivity index (χ2v) is 6.91. The lowest BCUT2D eigenvalue weighted by molar-refractivity contribution is 0.393. The molecule has 0 atom stereocenters. The zero-order valence-corrected chi connectivity index (χ0v) is 14.6. The molecule has 0 unspecified atom stereocenters. The first-order valence-electron chi connectivity index (χ1n) is 7.40. The molecule has 3 aromatic rings. The number of hydrogen-bond acceptors (Lipinski definition) is 5. The molecule has 0 fully saturated rings. The van der Waals surface area contributed by atoms with Crippen molar-refractivity contribution in [1.82, 2.24) is 9.97 Å². The highest BCUT2D eigenvalue weighted by Crippen LogP contribution is 2.44.